The highest BCUT2D eigenvalue weighted by Gasteiger charge is 2.23. The van der Waals surface area contributed by atoms with Crippen molar-refractivity contribution >= 4 is 5.69 Å². The van der Waals surface area contributed by atoms with E-state index in [4.69, 9.17) is 9.84 Å². The molecular formula is C15H23NO2. The summed E-state index contributed by atoms with van der Waals surface area (Å²) in [5.74, 6) is 0.923. The maximum atomic E-state index is 9.09. The topological polar surface area (TPSA) is 32.7 Å². The smallest absolute Gasteiger partial charge is 0.119 e. The molecule has 1 aliphatic rings. The van der Waals surface area contributed by atoms with Crippen LogP contribution in [0.15, 0.2) is 24.3 Å². The Kier molecular flexibility index (Phi) is 4.48. The molecule has 0 aromatic heterocycles. The number of aliphatic hydroxyl groups is 1. The highest BCUT2D eigenvalue weighted by molar-refractivity contribution is 5.50. The van der Waals surface area contributed by atoms with Gasteiger partial charge in [0.25, 0.3) is 0 Å². The summed E-state index contributed by atoms with van der Waals surface area (Å²) in [5.41, 5.74) is 1.24. The Morgan fingerprint density at radius 1 is 1.33 bits per heavy atom. The highest BCUT2D eigenvalue weighted by Crippen LogP contribution is 2.28. The van der Waals surface area contributed by atoms with E-state index in [0.717, 1.165) is 18.7 Å². The lowest BCUT2D eigenvalue weighted by Crippen LogP contribution is -2.29. The minimum Gasteiger partial charge on any atom is -0.491 e. The van der Waals surface area contributed by atoms with Gasteiger partial charge >= 0.3 is 0 Å². The molecule has 0 bridgehead atoms. The minimum atomic E-state index is 0.213. The molecule has 1 saturated heterocycles. The van der Waals surface area contributed by atoms with Gasteiger partial charge < -0.3 is 14.7 Å². The Morgan fingerprint density at radius 2 is 2.06 bits per heavy atom. The molecule has 0 saturated carbocycles. The van der Waals surface area contributed by atoms with Crippen molar-refractivity contribution in [2.75, 3.05) is 18.1 Å². The van der Waals surface area contributed by atoms with E-state index >= 15 is 0 Å². The molecule has 0 spiro atoms. The molecule has 2 rings (SSSR count). The van der Waals surface area contributed by atoms with Crippen LogP contribution in [0.2, 0.25) is 0 Å². The lowest BCUT2D eigenvalue weighted by atomic mass is 10.1. The van der Waals surface area contributed by atoms with Crippen LogP contribution >= 0.6 is 0 Å². The largest absolute Gasteiger partial charge is 0.491 e. The SMILES string of the molecule is CC(C)Oc1ccc(N2CCCC2CCO)cc1. The molecule has 3 nitrogen and oxygen atoms in total. The van der Waals surface area contributed by atoms with Gasteiger partial charge in [-0.15, -0.1) is 0 Å². The molecule has 1 aliphatic heterocycles. The zero-order valence-electron chi connectivity index (χ0n) is 11.3. The average Bonchev–Trinajstić information content (AvgIpc) is 2.78. The van der Waals surface area contributed by atoms with Crippen LogP contribution in [0.3, 0.4) is 0 Å². The summed E-state index contributed by atoms with van der Waals surface area (Å²) >= 11 is 0. The lowest BCUT2D eigenvalue weighted by Gasteiger charge is -2.26. The number of ether oxygens (including phenoxy) is 1. The number of hydrogen-bond acceptors (Lipinski definition) is 3. The first kappa shape index (κ1) is 13.2. The summed E-state index contributed by atoms with van der Waals surface area (Å²) in [6, 6.07) is 8.79. The monoisotopic (exact) mass is 249 g/mol. The zero-order chi connectivity index (χ0) is 13.0. The van der Waals surface area contributed by atoms with Crippen LogP contribution in [0.4, 0.5) is 5.69 Å². The second-order valence-electron chi connectivity index (χ2n) is 5.16. The van der Waals surface area contributed by atoms with E-state index in [1.54, 1.807) is 0 Å². The van der Waals surface area contributed by atoms with Crippen molar-refractivity contribution in [1.82, 2.24) is 0 Å². The Morgan fingerprint density at radius 3 is 2.67 bits per heavy atom. The van der Waals surface area contributed by atoms with Gasteiger partial charge in [0.2, 0.25) is 0 Å². The molecule has 1 aromatic rings. The summed E-state index contributed by atoms with van der Waals surface area (Å²) in [6.45, 7) is 5.43. The van der Waals surface area contributed by atoms with Gasteiger partial charge in [0.1, 0.15) is 5.75 Å². The zero-order valence-corrected chi connectivity index (χ0v) is 11.3. The average molecular weight is 249 g/mol. The standard InChI is InChI=1S/C15H23NO2/c1-12(2)18-15-7-5-14(6-8-15)16-10-3-4-13(16)9-11-17/h5-8,12-13,17H,3-4,9-11H2,1-2H3. The molecule has 1 N–H and O–H groups in total. The van der Waals surface area contributed by atoms with Crippen LogP contribution in [0, 0.1) is 0 Å². The van der Waals surface area contributed by atoms with E-state index < -0.39 is 0 Å². The number of nitrogens with zero attached hydrogens (tertiary/aromatic N) is 1. The van der Waals surface area contributed by atoms with E-state index in [1.165, 1.54) is 18.5 Å². The van der Waals surface area contributed by atoms with Gasteiger partial charge in [-0.2, -0.15) is 0 Å². The Labute approximate surface area is 109 Å². The van der Waals surface area contributed by atoms with E-state index in [0.29, 0.717) is 6.04 Å². The second kappa shape index (κ2) is 6.10. The minimum absolute atomic E-state index is 0.213. The number of benzene rings is 1. The summed E-state index contributed by atoms with van der Waals surface area (Å²) in [6.07, 6.45) is 3.48. The molecule has 0 aliphatic carbocycles. The second-order valence-corrected chi connectivity index (χ2v) is 5.16. The summed E-state index contributed by atoms with van der Waals surface area (Å²) in [5, 5.41) is 9.09. The maximum absolute atomic E-state index is 9.09. The van der Waals surface area contributed by atoms with Crippen molar-refractivity contribution in [1.29, 1.82) is 0 Å². The highest BCUT2D eigenvalue weighted by atomic mass is 16.5. The fraction of sp³-hybridized carbons (Fsp3) is 0.600. The van der Waals surface area contributed by atoms with Crippen molar-refractivity contribution in [3.8, 4) is 5.75 Å². The van der Waals surface area contributed by atoms with Crippen molar-refractivity contribution in [3.05, 3.63) is 24.3 Å². The van der Waals surface area contributed by atoms with Crippen LogP contribution in [0.1, 0.15) is 33.1 Å². The third kappa shape index (κ3) is 3.16. The Balaban J connectivity index is 2.04. The van der Waals surface area contributed by atoms with Crippen LogP contribution in [0.5, 0.6) is 5.75 Å². The summed E-state index contributed by atoms with van der Waals surface area (Å²) < 4.78 is 5.65. The molecule has 1 fully saturated rings. The molecule has 0 amide bonds. The molecule has 1 atom stereocenters. The molecule has 3 heteroatoms. The first-order chi connectivity index (χ1) is 8.70. The normalized spacial score (nSPS) is 19.6. The summed E-state index contributed by atoms with van der Waals surface area (Å²) in [7, 11) is 0. The van der Waals surface area contributed by atoms with Gasteiger partial charge in [0.05, 0.1) is 6.10 Å². The predicted octanol–water partition coefficient (Wildman–Crippen LogP) is 2.83. The van der Waals surface area contributed by atoms with Gasteiger partial charge in [0.15, 0.2) is 0 Å². The van der Waals surface area contributed by atoms with E-state index in [1.807, 2.05) is 26.0 Å². The molecule has 1 unspecified atom stereocenters. The quantitative estimate of drug-likeness (QED) is 0.871. The first-order valence-corrected chi connectivity index (χ1v) is 6.85. The van der Waals surface area contributed by atoms with E-state index in [2.05, 4.69) is 17.0 Å². The van der Waals surface area contributed by atoms with E-state index in [-0.39, 0.29) is 12.7 Å². The number of hydrogen-bond donors (Lipinski definition) is 1. The molecule has 1 heterocycles. The van der Waals surface area contributed by atoms with E-state index in [9.17, 15) is 0 Å². The Hall–Kier alpha value is -1.22. The molecule has 1 aromatic carbocycles. The third-order valence-electron chi connectivity index (χ3n) is 3.38. The molecule has 18 heavy (non-hydrogen) atoms. The van der Waals surface area contributed by atoms with Gasteiger partial charge in [-0.3, -0.25) is 0 Å². The van der Waals surface area contributed by atoms with Crippen molar-refractivity contribution in [2.45, 2.75) is 45.3 Å². The van der Waals surface area contributed by atoms with Crippen LogP contribution in [-0.2, 0) is 0 Å². The molecule has 0 radical (unpaired) electrons. The number of aliphatic hydroxyl groups excluding tert-OH is 1. The Bertz CT molecular complexity index is 361. The van der Waals surface area contributed by atoms with Crippen LogP contribution in [-0.4, -0.2) is 30.4 Å². The maximum Gasteiger partial charge on any atom is 0.119 e. The number of anilines is 1. The summed E-state index contributed by atoms with van der Waals surface area (Å²) in [4.78, 5) is 2.40. The fourth-order valence-corrected chi connectivity index (χ4v) is 2.61. The van der Waals surface area contributed by atoms with Gasteiger partial charge in [-0.05, 0) is 57.4 Å². The number of rotatable bonds is 5. The predicted molar refractivity (Wildman–Crippen MR) is 74.3 cm³/mol. The fourth-order valence-electron chi connectivity index (χ4n) is 2.61. The lowest BCUT2D eigenvalue weighted by molar-refractivity contribution is 0.242. The third-order valence-corrected chi connectivity index (χ3v) is 3.38. The van der Waals surface area contributed by atoms with Crippen LogP contribution in [0.25, 0.3) is 0 Å². The van der Waals surface area contributed by atoms with Gasteiger partial charge in [-0.25, -0.2) is 0 Å². The molecule has 100 valence electrons. The van der Waals surface area contributed by atoms with Crippen LogP contribution < -0.4 is 9.64 Å². The molecular weight excluding hydrogens is 226 g/mol. The van der Waals surface area contributed by atoms with Crippen molar-refractivity contribution in [2.24, 2.45) is 0 Å². The first-order valence-electron chi connectivity index (χ1n) is 6.85. The van der Waals surface area contributed by atoms with Crippen molar-refractivity contribution < 1.29 is 9.84 Å². The van der Waals surface area contributed by atoms with Gasteiger partial charge in [-0.1, -0.05) is 0 Å². The van der Waals surface area contributed by atoms with Crippen molar-refractivity contribution in [3.63, 3.8) is 0 Å². The van der Waals surface area contributed by atoms with Gasteiger partial charge in [0, 0.05) is 24.9 Å².